The van der Waals surface area contributed by atoms with Crippen molar-refractivity contribution in [2.45, 2.75) is 0 Å². The maximum Gasteiger partial charge on any atom is 0.183 e. The molecule has 0 aliphatic rings. The highest BCUT2D eigenvalue weighted by atomic mass is 16.5. The van der Waals surface area contributed by atoms with Gasteiger partial charge in [0, 0.05) is 12.4 Å². The van der Waals surface area contributed by atoms with E-state index in [4.69, 9.17) is 0 Å². The molecule has 0 amide bonds. The Balaban J connectivity index is 2.87. The minimum Gasteiger partial charge on any atom is -0.624 e. The molecule has 0 saturated heterocycles. The summed E-state index contributed by atoms with van der Waals surface area (Å²) in [6, 6.07) is 3.61. The predicted octanol–water partition coefficient (Wildman–Crippen LogP) is 0.641. The van der Waals surface area contributed by atoms with Gasteiger partial charge in [0.2, 0.25) is 0 Å². The summed E-state index contributed by atoms with van der Waals surface area (Å²) in [5.41, 5.74) is 0.819. The average molecular weight is 136 g/mol. The first-order valence-electron chi connectivity index (χ1n) is 2.94. The predicted molar refractivity (Wildman–Crippen MR) is 39.0 cm³/mol. The van der Waals surface area contributed by atoms with Crippen molar-refractivity contribution in [2.75, 3.05) is 7.05 Å². The van der Waals surface area contributed by atoms with Gasteiger partial charge in [0.1, 0.15) is 7.05 Å². The summed E-state index contributed by atoms with van der Waals surface area (Å²) < 4.78 is 0.747. The van der Waals surface area contributed by atoms with Crippen molar-refractivity contribution < 1.29 is 4.74 Å². The fourth-order valence-electron chi connectivity index (χ4n) is 0.662. The van der Waals surface area contributed by atoms with E-state index >= 15 is 0 Å². The lowest BCUT2D eigenvalue weighted by Gasteiger charge is -1.93. The maximum atomic E-state index is 10.4. The lowest BCUT2D eigenvalue weighted by molar-refractivity contribution is -0.416. The minimum atomic E-state index is 0.747. The van der Waals surface area contributed by atoms with E-state index in [1.165, 1.54) is 13.3 Å². The van der Waals surface area contributed by atoms with Crippen molar-refractivity contribution >= 4 is 6.21 Å². The van der Waals surface area contributed by atoms with E-state index < -0.39 is 0 Å². The molecule has 0 radical (unpaired) electrons. The molecule has 1 aromatic heterocycles. The SMILES string of the molecule is C[N+]([O-])=Cc1cccnc1. The summed E-state index contributed by atoms with van der Waals surface area (Å²) in [5, 5.41) is 10.4. The van der Waals surface area contributed by atoms with Crippen LogP contribution in [-0.2, 0) is 0 Å². The number of hydrogen-bond acceptors (Lipinski definition) is 2. The van der Waals surface area contributed by atoms with Gasteiger partial charge in [0.25, 0.3) is 0 Å². The summed E-state index contributed by atoms with van der Waals surface area (Å²) in [6.07, 6.45) is 4.77. The number of nitrogens with zero attached hydrogens (tertiary/aromatic N) is 2. The first-order valence-corrected chi connectivity index (χ1v) is 2.94. The first-order chi connectivity index (χ1) is 4.79. The normalized spacial score (nSPS) is 11.5. The van der Waals surface area contributed by atoms with Crippen LogP contribution in [0.15, 0.2) is 24.5 Å². The van der Waals surface area contributed by atoms with Gasteiger partial charge in [-0.1, -0.05) is 0 Å². The smallest absolute Gasteiger partial charge is 0.183 e. The van der Waals surface area contributed by atoms with Gasteiger partial charge in [0.15, 0.2) is 6.21 Å². The standard InChI is InChI=1S/C7H8N2O/c1-9(10)6-7-3-2-4-8-5-7/h2-6H,1H3. The van der Waals surface area contributed by atoms with Crippen molar-refractivity contribution in [1.82, 2.24) is 4.98 Å². The fraction of sp³-hybridized carbons (Fsp3) is 0.143. The van der Waals surface area contributed by atoms with Crippen LogP contribution in [-0.4, -0.2) is 23.0 Å². The molecule has 3 heteroatoms. The summed E-state index contributed by atoms with van der Waals surface area (Å²) in [4.78, 5) is 3.84. The summed E-state index contributed by atoms with van der Waals surface area (Å²) in [5.74, 6) is 0. The van der Waals surface area contributed by atoms with Crippen LogP contribution in [0.3, 0.4) is 0 Å². The third-order valence-corrected chi connectivity index (χ3v) is 1.02. The highest BCUT2D eigenvalue weighted by molar-refractivity contribution is 5.74. The van der Waals surface area contributed by atoms with Crippen LogP contribution in [0.25, 0.3) is 0 Å². The van der Waals surface area contributed by atoms with Crippen molar-refractivity contribution in [3.8, 4) is 0 Å². The monoisotopic (exact) mass is 136 g/mol. The molecule has 0 aromatic carbocycles. The minimum absolute atomic E-state index is 0.747. The van der Waals surface area contributed by atoms with Gasteiger partial charge < -0.3 is 5.21 Å². The Morgan fingerprint density at radius 2 is 2.50 bits per heavy atom. The molecule has 52 valence electrons. The van der Waals surface area contributed by atoms with Crippen LogP contribution in [0.4, 0.5) is 0 Å². The van der Waals surface area contributed by atoms with Crippen molar-refractivity contribution in [3.05, 3.63) is 35.3 Å². The van der Waals surface area contributed by atoms with Crippen LogP contribution in [0, 0.1) is 5.21 Å². The molecule has 0 aliphatic heterocycles. The molecule has 1 heterocycles. The quantitative estimate of drug-likeness (QED) is 0.246. The van der Waals surface area contributed by atoms with E-state index in [0.717, 1.165) is 10.3 Å². The second-order valence-corrected chi connectivity index (χ2v) is 1.96. The Bertz CT molecular complexity index is 227. The van der Waals surface area contributed by atoms with Crippen molar-refractivity contribution in [1.29, 1.82) is 0 Å². The molecule has 0 N–H and O–H groups in total. The van der Waals surface area contributed by atoms with Crippen LogP contribution in [0.2, 0.25) is 0 Å². The molecule has 0 aliphatic carbocycles. The van der Waals surface area contributed by atoms with E-state index in [9.17, 15) is 5.21 Å². The molecule has 10 heavy (non-hydrogen) atoms. The Morgan fingerprint density at radius 1 is 1.70 bits per heavy atom. The third-order valence-electron chi connectivity index (χ3n) is 1.02. The molecule has 1 aromatic rings. The lowest BCUT2D eigenvalue weighted by atomic mass is 10.3. The zero-order chi connectivity index (χ0) is 7.40. The Hall–Kier alpha value is -1.38. The number of pyridine rings is 1. The Labute approximate surface area is 59.2 Å². The van der Waals surface area contributed by atoms with Crippen LogP contribution < -0.4 is 0 Å². The van der Waals surface area contributed by atoms with E-state index in [-0.39, 0.29) is 0 Å². The largest absolute Gasteiger partial charge is 0.624 e. The highest BCUT2D eigenvalue weighted by Gasteiger charge is 1.87. The first kappa shape index (κ1) is 6.74. The van der Waals surface area contributed by atoms with Crippen LogP contribution in [0.5, 0.6) is 0 Å². The Kier molecular flexibility index (Phi) is 1.99. The van der Waals surface area contributed by atoms with E-state index in [0.29, 0.717) is 0 Å². The fourth-order valence-corrected chi connectivity index (χ4v) is 0.662. The van der Waals surface area contributed by atoms with E-state index in [1.807, 2.05) is 6.07 Å². The van der Waals surface area contributed by atoms with Gasteiger partial charge in [-0.15, -0.1) is 0 Å². The number of hydroxylamine groups is 1. The zero-order valence-corrected chi connectivity index (χ0v) is 5.69. The number of hydrogen-bond donors (Lipinski definition) is 0. The average Bonchev–Trinajstić information content (AvgIpc) is 1.88. The Morgan fingerprint density at radius 3 is 3.00 bits per heavy atom. The third kappa shape index (κ3) is 1.85. The van der Waals surface area contributed by atoms with Crippen LogP contribution >= 0.6 is 0 Å². The van der Waals surface area contributed by atoms with Crippen LogP contribution in [0.1, 0.15) is 5.56 Å². The molecule has 3 nitrogen and oxygen atoms in total. The molecule has 0 spiro atoms. The van der Waals surface area contributed by atoms with Crippen molar-refractivity contribution in [2.24, 2.45) is 0 Å². The molecule has 0 atom stereocenters. The van der Waals surface area contributed by atoms with Gasteiger partial charge >= 0.3 is 0 Å². The number of aromatic nitrogens is 1. The molecule has 0 saturated carbocycles. The van der Waals surface area contributed by atoms with Gasteiger partial charge in [-0.2, -0.15) is 0 Å². The molecular weight excluding hydrogens is 128 g/mol. The summed E-state index contributed by atoms with van der Waals surface area (Å²) in [6.45, 7) is 0. The van der Waals surface area contributed by atoms with Gasteiger partial charge in [-0.25, -0.2) is 4.74 Å². The van der Waals surface area contributed by atoms with Gasteiger partial charge in [-0.05, 0) is 12.1 Å². The van der Waals surface area contributed by atoms with E-state index in [1.54, 1.807) is 18.5 Å². The lowest BCUT2D eigenvalue weighted by Crippen LogP contribution is -1.97. The summed E-state index contributed by atoms with van der Waals surface area (Å²) >= 11 is 0. The highest BCUT2D eigenvalue weighted by Crippen LogP contribution is 1.88. The molecule has 0 bridgehead atoms. The van der Waals surface area contributed by atoms with Gasteiger partial charge in [-0.3, -0.25) is 4.98 Å². The molecular formula is C7H8N2O. The second kappa shape index (κ2) is 2.96. The summed E-state index contributed by atoms with van der Waals surface area (Å²) in [7, 11) is 1.44. The molecule has 1 rings (SSSR count). The number of rotatable bonds is 1. The zero-order valence-electron chi connectivity index (χ0n) is 5.69. The topological polar surface area (TPSA) is 39.0 Å². The second-order valence-electron chi connectivity index (χ2n) is 1.96. The van der Waals surface area contributed by atoms with Gasteiger partial charge in [0.05, 0.1) is 5.56 Å². The molecule has 0 fully saturated rings. The maximum absolute atomic E-state index is 10.4. The van der Waals surface area contributed by atoms with Crippen molar-refractivity contribution in [3.63, 3.8) is 0 Å². The van der Waals surface area contributed by atoms with E-state index in [2.05, 4.69) is 4.98 Å². The molecule has 0 unspecified atom stereocenters.